The van der Waals surface area contributed by atoms with Gasteiger partial charge >= 0.3 is 5.97 Å². The predicted octanol–water partition coefficient (Wildman–Crippen LogP) is 1.15. The fourth-order valence-corrected chi connectivity index (χ4v) is 1.19. The van der Waals surface area contributed by atoms with Crippen LogP contribution in [0.4, 0.5) is 5.69 Å². The molecule has 1 aliphatic heterocycles. The highest BCUT2D eigenvalue weighted by atomic mass is 16.5. The number of hydrogen-bond acceptors (Lipinski definition) is 3. The number of carboxylic acids is 1. The highest BCUT2D eigenvalue weighted by Crippen LogP contribution is 2.32. The molecule has 2 N–H and O–H groups in total. The monoisotopic (exact) mass is 165 g/mol. The van der Waals surface area contributed by atoms with Crippen LogP contribution in [0.5, 0.6) is 5.75 Å². The van der Waals surface area contributed by atoms with E-state index < -0.39 is 5.97 Å². The van der Waals surface area contributed by atoms with Gasteiger partial charge in [0, 0.05) is 0 Å². The standard InChI is InChI=1S/C8H7NO3/c10-8(11)5-2-1-3-6-7(5)12-4-9-6/h1-3,9H,4H2,(H,10,11). The zero-order valence-corrected chi connectivity index (χ0v) is 6.20. The van der Waals surface area contributed by atoms with Crippen molar-refractivity contribution in [3.05, 3.63) is 23.8 Å². The van der Waals surface area contributed by atoms with Crippen molar-refractivity contribution in [2.45, 2.75) is 0 Å². The number of benzene rings is 1. The Labute approximate surface area is 68.8 Å². The molecule has 0 fully saturated rings. The number of nitrogens with one attached hydrogen (secondary N) is 1. The Bertz CT molecular complexity index is 335. The van der Waals surface area contributed by atoms with Crippen LogP contribution >= 0.6 is 0 Å². The molecule has 0 spiro atoms. The molecule has 4 nitrogen and oxygen atoms in total. The maximum Gasteiger partial charge on any atom is 0.339 e. The molecular weight excluding hydrogens is 158 g/mol. The molecule has 0 radical (unpaired) electrons. The lowest BCUT2D eigenvalue weighted by Crippen LogP contribution is -1.99. The van der Waals surface area contributed by atoms with Crippen LogP contribution in [0, 0.1) is 0 Å². The van der Waals surface area contributed by atoms with E-state index in [-0.39, 0.29) is 5.56 Å². The van der Waals surface area contributed by atoms with Crippen molar-refractivity contribution in [3.8, 4) is 5.75 Å². The highest BCUT2D eigenvalue weighted by Gasteiger charge is 2.18. The molecule has 0 amide bonds. The molecule has 0 aromatic heterocycles. The topological polar surface area (TPSA) is 58.6 Å². The Morgan fingerprint density at radius 1 is 1.58 bits per heavy atom. The van der Waals surface area contributed by atoms with Gasteiger partial charge in [0.2, 0.25) is 0 Å². The summed E-state index contributed by atoms with van der Waals surface area (Å²) in [6.45, 7) is 0.347. The average Bonchev–Trinajstić information content (AvgIpc) is 2.49. The van der Waals surface area contributed by atoms with E-state index in [0.717, 1.165) is 5.69 Å². The predicted molar refractivity (Wildman–Crippen MR) is 42.5 cm³/mol. The Morgan fingerprint density at radius 2 is 2.42 bits per heavy atom. The van der Waals surface area contributed by atoms with Crippen molar-refractivity contribution in [3.63, 3.8) is 0 Å². The van der Waals surface area contributed by atoms with Gasteiger partial charge in [0.1, 0.15) is 5.56 Å². The molecule has 0 aliphatic carbocycles. The van der Waals surface area contributed by atoms with Crippen LogP contribution in [-0.4, -0.2) is 17.8 Å². The number of anilines is 1. The van der Waals surface area contributed by atoms with Crippen molar-refractivity contribution >= 4 is 11.7 Å². The molecule has 0 bridgehead atoms. The summed E-state index contributed by atoms with van der Waals surface area (Å²) < 4.78 is 5.10. The number of aromatic carboxylic acids is 1. The third-order valence-electron chi connectivity index (χ3n) is 1.72. The van der Waals surface area contributed by atoms with E-state index in [2.05, 4.69) is 5.32 Å². The highest BCUT2D eigenvalue weighted by molar-refractivity contribution is 5.93. The van der Waals surface area contributed by atoms with E-state index >= 15 is 0 Å². The lowest BCUT2D eigenvalue weighted by Gasteiger charge is -2.00. The summed E-state index contributed by atoms with van der Waals surface area (Å²) >= 11 is 0. The number of ether oxygens (including phenoxy) is 1. The van der Waals surface area contributed by atoms with Gasteiger partial charge in [-0.3, -0.25) is 0 Å². The fraction of sp³-hybridized carbons (Fsp3) is 0.125. The summed E-state index contributed by atoms with van der Waals surface area (Å²) in [5.41, 5.74) is 0.951. The molecule has 0 atom stereocenters. The Balaban J connectivity index is 2.56. The summed E-state index contributed by atoms with van der Waals surface area (Å²) in [4.78, 5) is 10.7. The molecule has 2 rings (SSSR count). The third-order valence-corrected chi connectivity index (χ3v) is 1.72. The van der Waals surface area contributed by atoms with Crippen LogP contribution in [0.2, 0.25) is 0 Å². The van der Waals surface area contributed by atoms with Gasteiger partial charge in [-0.15, -0.1) is 0 Å². The summed E-state index contributed by atoms with van der Waals surface area (Å²) in [5.74, 6) is -0.527. The summed E-state index contributed by atoms with van der Waals surface area (Å²) in [5, 5.41) is 11.7. The summed E-state index contributed by atoms with van der Waals surface area (Å²) in [6.07, 6.45) is 0. The number of carboxylic acid groups (broad SMARTS) is 1. The smallest absolute Gasteiger partial charge is 0.339 e. The van der Waals surface area contributed by atoms with Gasteiger partial charge in [-0.1, -0.05) is 6.07 Å². The van der Waals surface area contributed by atoms with E-state index in [1.165, 1.54) is 6.07 Å². The van der Waals surface area contributed by atoms with Gasteiger partial charge in [0.15, 0.2) is 12.5 Å². The minimum Gasteiger partial charge on any atom is -0.478 e. The van der Waals surface area contributed by atoms with Gasteiger partial charge in [0.05, 0.1) is 5.69 Å². The van der Waals surface area contributed by atoms with E-state index in [0.29, 0.717) is 12.5 Å². The Hall–Kier alpha value is -1.71. The molecule has 1 heterocycles. The van der Waals surface area contributed by atoms with Crippen molar-refractivity contribution < 1.29 is 14.6 Å². The maximum atomic E-state index is 10.7. The third kappa shape index (κ3) is 0.887. The normalized spacial score (nSPS) is 13.0. The first kappa shape index (κ1) is 6.97. The van der Waals surface area contributed by atoms with Crippen molar-refractivity contribution in [1.29, 1.82) is 0 Å². The zero-order valence-electron chi connectivity index (χ0n) is 6.20. The lowest BCUT2D eigenvalue weighted by molar-refractivity contribution is 0.0693. The van der Waals surface area contributed by atoms with Gasteiger partial charge in [0.25, 0.3) is 0 Å². The van der Waals surface area contributed by atoms with Crippen LogP contribution in [0.1, 0.15) is 10.4 Å². The molecule has 0 unspecified atom stereocenters. The number of para-hydroxylation sites is 1. The molecular formula is C8H7NO3. The number of hydrogen-bond donors (Lipinski definition) is 2. The largest absolute Gasteiger partial charge is 0.478 e. The second kappa shape index (κ2) is 2.41. The van der Waals surface area contributed by atoms with Crippen LogP contribution < -0.4 is 10.1 Å². The zero-order chi connectivity index (χ0) is 8.55. The van der Waals surface area contributed by atoms with Crippen LogP contribution in [0.15, 0.2) is 18.2 Å². The summed E-state index contributed by atoms with van der Waals surface area (Å²) in [7, 11) is 0. The summed E-state index contributed by atoms with van der Waals surface area (Å²) in [6, 6.07) is 4.99. The number of fused-ring (bicyclic) bond motifs is 1. The lowest BCUT2D eigenvalue weighted by atomic mass is 10.2. The Kier molecular flexibility index (Phi) is 1.40. The molecule has 12 heavy (non-hydrogen) atoms. The van der Waals surface area contributed by atoms with Crippen LogP contribution in [0.3, 0.4) is 0 Å². The maximum absolute atomic E-state index is 10.7. The van der Waals surface area contributed by atoms with Crippen molar-refractivity contribution in [2.24, 2.45) is 0 Å². The molecule has 1 aromatic carbocycles. The Morgan fingerprint density at radius 3 is 3.17 bits per heavy atom. The molecule has 4 heteroatoms. The molecule has 0 saturated heterocycles. The van der Waals surface area contributed by atoms with Crippen molar-refractivity contribution in [1.82, 2.24) is 0 Å². The van der Waals surface area contributed by atoms with Crippen LogP contribution in [0.25, 0.3) is 0 Å². The van der Waals surface area contributed by atoms with E-state index in [9.17, 15) is 4.79 Å². The SMILES string of the molecule is O=C(O)c1cccc2c1OCN2. The molecule has 0 saturated carbocycles. The van der Waals surface area contributed by atoms with E-state index in [4.69, 9.17) is 9.84 Å². The minimum absolute atomic E-state index is 0.206. The molecule has 1 aromatic rings. The van der Waals surface area contributed by atoms with Crippen molar-refractivity contribution in [2.75, 3.05) is 12.0 Å². The van der Waals surface area contributed by atoms with Gasteiger partial charge in [-0.05, 0) is 12.1 Å². The van der Waals surface area contributed by atoms with Gasteiger partial charge in [-0.25, -0.2) is 4.79 Å². The first-order chi connectivity index (χ1) is 5.79. The molecule has 62 valence electrons. The van der Waals surface area contributed by atoms with Crippen LogP contribution in [-0.2, 0) is 0 Å². The second-order valence-corrected chi connectivity index (χ2v) is 2.45. The second-order valence-electron chi connectivity index (χ2n) is 2.45. The first-order valence-corrected chi connectivity index (χ1v) is 3.52. The average molecular weight is 165 g/mol. The number of rotatable bonds is 1. The fourth-order valence-electron chi connectivity index (χ4n) is 1.19. The van der Waals surface area contributed by atoms with E-state index in [1.54, 1.807) is 12.1 Å². The number of carbonyl (C=O) groups is 1. The quantitative estimate of drug-likeness (QED) is 0.655. The molecule has 1 aliphatic rings. The van der Waals surface area contributed by atoms with E-state index in [1.807, 2.05) is 0 Å². The van der Waals surface area contributed by atoms with Gasteiger partial charge < -0.3 is 15.2 Å². The van der Waals surface area contributed by atoms with Gasteiger partial charge in [-0.2, -0.15) is 0 Å². The minimum atomic E-state index is -0.962. The first-order valence-electron chi connectivity index (χ1n) is 3.52.